The second kappa shape index (κ2) is 7.23. The van der Waals surface area contributed by atoms with Crippen LogP contribution < -0.4 is 16.7 Å². The minimum Gasteiger partial charge on any atom is -0.507 e. The summed E-state index contributed by atoms with van der Waals surface area (Å²) in [6.07, 6.45) is 2.91. The van der Waals surface area contributed by atoms with Crippen molar-refractivity contribution in [2.24, 2.45) is 19.2 Å². The van der Waals surface area contributed by atoms with E-state index in [1.54, 1.807) is 32.3 Å². The van der Waals surface area contributed by atoms with Crippen molar-refractivity contribution in [3.05, 3.63) is 61.7 Å². The van der Waals surface area contributed by atoms with Gasteiger partial charge in [-0.25, -0.2) is 10.2 Å². The molecule has 2 aromatic heterocycles. The second-order valence-corrected chi connectivity index (χ2v) is 6.70. The predicted octanol–water partition coefficient (Wildman–Crippen LogP) is 1.53. The number of allylic oxidation sites excluding steroid dienone is 1. The van der Waals surface area contributed by atoms with Gasteiger partial charge in [0.25, 0.3) is 5.56 Å². The highest BCUT2D eigenvalue weighted by Gasteiger charge is 2.17. The molecule has 3 aromatic rings. The van der Waals surface area contributed by atoms with Crippen LogP contribution in [0.25, 0.3) is 11.2 Å². The van der Waals surface area contributed by atoms with E-state index in [2.05, 4.69) is 38.0 Å². The maximum Gasteiger partial charge on any atom is 0.332 e. The molecule has 0 saturated carbocycles. The number of fused-ring (bicyclic) bond motifs is 1. The van der Waals surface area contributed by atoms with Crippen molar-refractivity contribution in [2.75, 3.05) is 5.43 Å². The van der Waals surface area contributed by atoms with Crippen molar-refractivity contribution < 1.29 is 5.11 Å². The number of hydrazone groups is 1. The number of imidazole rings is 1. The molecule has 27 heavy (non-hydrogen) atoms. The molecule has 0 spiro atoms. The standard InChI is InChI=1S/C17H17BrN6O3/c1-4-7-24-15(26)13-14(23(3)17(24)27)20-16(22(13)2)21-19-9-10-8-11(18)5-6-12(10)25/h4-6,8-9,25H,1,7H2,2-3H3,(H,20,21)/b19-9+. The Bertz CT molecular complexity index is 1190. The Balaban J connectivity index is 2.04. The van der Waals surface area contributed by atoms with Gasteiger partial charge in [0.2, 0.25) is 5.95 Å². The Labute approximate surface area is 162 Å². The number of nitrogens with one attached hydrogen (secondary N) is 1. The molecule has 140 valence electrons. The lowest BCUT2D eigenvalue weighted by Gasteiger charge is -2.06. The van der Waals surface area contributed by atoms with Gasteiger partial charge in [-0.15, -0.1) is 6.58 Å². The SMILES string of the molecule is C=CCn1c(=O)c2c(nc(N/N=C/c3cc(Br)ccc3O)n2C)n(C)c1=O. The smallest absolute Gasteiger partial charge is 0.332 e. The molecular formula is C17H17BrN6O3. The highest BCUT2D eigenvalue weighted by molar-refractivity contribution is 9.10. The van der Waals surface area contributed by atoms with Gasteiger partial charge in [0.15, 0.2) is 11.2 Å². The van der Waals surface area contributed by atoms with Crippen LogP contribution in [0, 0.1) is 0 Å². The largest absolute Gasteiger partial charge is 0.507 e. The van der Waals surface area contributed by atoms with Gasteiger partial charge in [0.05, 0.1) is 6.21 Å². The normalized spacial score (nSPS) is 11.4. The van der Waals surface area contributed by atoms with Crippen LogP contribution >= 0.6 is 15.9 Å². The van der Waals surface area contributed by atoms with Gasteiger partial charge in [-0.1, -0.05) is 22.0 Å². The van der Waals surface area contributed by atoms with Crippen molar-refractivity contribution >= 4 is 39.3 Å². The van der Waals surface area contributed by atoms with Crippen LogP contribution in [0.4, 0.5) is 5.95 Å². The lowest BCUT2D eigenvalue weighted by atomic mass is 10.2. The van der Waals surface area contributed by atoms with E-state index in [1.165, 1.54) is 21.4 Å². The van der Waals surface area contributed by atoms with Gasteiger partial charge in [-0.3, -0.25) is 13.9 Å². The number of aromatic nitrogens is 4. The Hall–Kier alpha value is -3.14. The number of hydrogen-bond donors (Lipinski definition) is 2. The third-order valence-electron chi connectivity index (χ3n) is 4.03. The Kier molecular flexibility index (Phi) is 5.00. The first-order chi connectivity index (χ1) is 12.8. The van der Waals surface area contributed by atoms with E-state index in [0.29, 0.717) is 5.56 Å². The summed E-state index contributed by atoms with van der Waals surface area (Å²) in [5, 5.41) is 13.9. The quantitative estimate of drug-likeness (QED) is 0.361. The van der Waals surface area contributed by atoms with Crippen molar-refractivity contribution in [3.63, 3.8) is 0 Å². The molecule has 0 aliphatic heterocycles. The molecule has 0 unspecified atom stereocenters. The Morgan fingerprint density at radius 2 is 2.07 bits per heavy atom. The zero-order valence-electron chi connectivity index (χ0n) is 14.7. The fraction of sp³-hybridized carbons (Fsp3) is 0.176. The highest BCUT2D eigenvalue weighted by atomic mass is 79.9. The van der Waals surface area contributed by atoms with Crippen molar-refractivity contribution in [1.82, 2.24) is 18.7 Å². The third-order valence-corrected chi connectivity index (χ3v) is 4.52. The summed E-state index contributed by atoms with van der Waals surface area (Å²) in [4.78, 5) is 29.3. The average molecular weight is 433 g/mol. The molecule has 0 saturated heterocycles. The summed E-state index contributed by atoms with van der Waals surface area (Å²) in [6, 6.07) is 4.95. The molecule has 0 radical (unpaired) electrons. The number of benzene rings is 1. The van der Waals surface area contributed by atoms with E-state index >= 15 is 0 Å². The second-order valence-electron chi connectivity index (χ2n) is 5.79. The number of aromatic hydroxyl groups is 1. The van der Waals surface area contributed by atoms with Crippen LogP contribution in [0.1, 0.15) is 5.56 Å². The van der Waals surface area contributed by atoms with Crippen LogP contribution in [0.15, 0.2) is 50.0 Å². The zero-order chi connectivity index (χ0) is 19.7. The summed E-state index contributed by atoms with van der Waals surface area (Å²) in [5.74, 6) is 0.350. The van der Waals surface area contributed by atoms with E-state index in [9.17, 15) is 14.7 Å². The number of phenols is 1. The lowest BCUT2D eigenvalue weighted by molar-refractivity contribution is 0.474. The molecule has 0 aliphatic carbocycles. The number of aryl methyl sites for hydroxylation is 2. The number of hydrogen-bond acceptors (Lipinski definition) is 6. The molecule has 10 heteroatoms. The first kappa shape index (κ1) is 18.6. The number of phenolic OH excluding ortho intramolecular Hbond substituents is 1. The van der Waals surface area contributed by atoms with Gasteiger partial charge in [-0.2, -0.15) is 10.1 Å². The van der Waals surface area contributed by atoms with Crippen LogP contribution in [0.5, 0.6) is 5.75 Å². The maximum atomic E-state index is 12.6. The van der Waals surface area contributed by atoms with Crippen molar-refractivity contribution in [2.45, 2.75) is 6.54 Å². The van der Waals surface area contributed by atoms with E-state index in [4.69, 9.17) is 0 Å². The number of rotatable bonds is 5. The molecule has 0 atom stereocenters. The van der Waals surface area contributed by atoms with Gasteiger partial charge in [-0.05, 0) is 18.2 Å². The summed E-state index contributed by atoms with van der Waals surface area (Å²) in [7, 11) is 3.19. The molecule has 3 rings (SSSR count). The minimum absolute atomic E-state index is 0.0726. The Morgan fingerprint density at radius 3 is 2.78 bits per heavy atom. The molecule has 2 N–H and O–H groups in total. The topological polar surface area (TPSA) is 106 Å². The van der Waals surface area contributed by atoms with E-state index < -0.39 is 11.2 Å². The summed E-state index contributed by atoms with van der Waals surface area (Å²) in [5.41, 5.74) is 2.82. The molecule has 0 bridgehead atoms. The van der Waals surface area contributed by atoms with Crippen LogP contribution in [-0.2, 0) is 20.6 Å². The summed E-state index contributed by atoms with van der Waals surface area (Å²) < 4.78 is 4.70. The number of anilines is 1. The number of halogens is 1. The van der Waals surface area contributed by atoms with E-state index in [-0.39, 0.29) is 29.4 Å². The van der Waals surface area contributed by atoms with Gasteiger partial charge >= 0.3 is 5.69 Å². The third kappa shape index (κ3) is 3.31. The number of nitrogens with zero attached hydrogens (tertiary/aromatic N) is 5. The van der Waals surface area contributed by atoms with Gasteiger partial charge < -0.3 is 9.67 Å². The van der Waals surface area contributed by atoms with Crippen LogP contribution in [0.3, 0.4) is 0 Å². The van der Waals surface area contributed by atoms with Gasteiger partial charge in [0.1, 0.15) is 5.75 Å². The monoisotopic (exact) mass is 432 g/mol. The maximum absolute atomic E-state index is 12.6. The van der Waals surface area contributed by atoms with E-state index in [0.717, 1.165) is 9.04 Å². The zero-order valence-corrected chi connectivity index (χ0v) is 16.3. The van der Waals surface area contributed by atoms with Crippen LogP contribution in [0.2, 0.25) is 0 Å². The average Bonchev–Trinajstić information content (AvgIpc) is 2.97. The highest BCUT2D eigenvalue weighted by Crippen LogP contribution is 2.20. The minimum atomic E-state index is -0.473. The summed E-state index contributed by atoms with van der Waals surface area (Å²) in [6.45, 7) is 3.68. The molecule has 0 fully saturated rings. The Morgan fingerprint density at radius 1 is 1.33 bits per heavy atom. The van der Waals surface area contributed by atoms with Crippen molar-refractivity contribution in [1.29, 1.82) is 0 Å². The molecule has 9 nitrogen and oxygen atoms in total. The summed E-state index contributed by atoms with van der Waals surface area (Å²) >= 11 is 3.32. The molecular weight excluding hydrogens is 416 g/mol. The van der Waals surface area contributed by atoms with E-state index in [1.807, 2.05) is 0 Å². The van der Waals surface area contributed by atoms with Gasteiger partial charge in [0, 0.05) is 30.7 Å². The molecule has 1 aromatic carbocycles. The first-order valence-corrected chi connectivity index (χ1v) is 8.69. The van der Waals surface area contributed by atoms with Crippen LogP contribution in [-0.4, -0.2) is 30.0 Å². The lowest BCUT2D eigenvalue weighted by Crippen LogP contribution is -2.39. The molecule has 0 amide bonds. The fourth-order valence-electron chi connectivity index (χ4n) is 2.62. The fourth-order valence-corrected chi connectivity index (χ4v) is 3.00. The molecule has 2 heterocycles. The molecule has 0 aliphatic rings. The predicted molar refractivity (Wildman–Crippen MR) is 107 cm³/mol. The van der Waals surface area contributed by atoms with Crippen molar-refractivity contribution in [3.8, 4) is 5.75 Å². The first-order valence-electron chi connectivity index (χ1n) is 7.90.